The first-order chi connectivity index (χ1) is 12.6. The maximum atomic E-state index is 13.2. The van der Waals surface area contributed by atoms with Gasteiger partial charge in [-0.25, -0.2) is 4.39 Å². The van der Waals surface area contributed by atoms with Crippen LogP contribution in [-0.2, 0) is 16.1 Å². The lowest BCUT2D eigenvalue weighted by Gasteiger charge is -2.38. The van der Waals surface area contributed by atoms with Crippen molar-refractivity contribution in [3.63, 3.8) is 0 Å². The fraction of sp³-hybridized carbons (Fsp3) is 0.421. The molecule has 2 amide bonds. The minimum Gasteiger partial charge on any atom is -0.356 e. The molecule has 0 bridgehead atoms. The molecule has 1 saturated heterocycles. The summed E-state index contributed by atoms with van der Waals surface area (Å²) < 4.78 is 15.1. The highest BCUT2D eigenvalue weighted by atomic mass is 19.1. The summed E-state index contributed by atoms with van der Waals surface area (Å²) in [5.74, 6) is -0.743. The van der Waals surface area contributed by atoms with E-state index in [0.717, 1.165) is 18.5 Å². The molecule has 1 aliphatic rings. The molecule has 0 spiro atoms. The number of carbonyl (C=O) groups is 2. The largest absolute Gasteiger partial charge is 0.356 e. The number of rotatable bonds is 6. The molecule has 1 aliphatic heterocycles. The van der Waals surface area contributed by atoms with Crippen molar-refractivity contribution in [2.75, 3.05) is 13.6 Å². The van der Waals surface area contributed by atoms with Crippen molar-refractivity contribution >= 4 is 11.8 Å². The van der Waals surface area contributed by atoms with Gasteiger partial charge in [0.2, 0.25) is 11.8 Å². The van der Waals surface area contributed by atoms with Gasteiger partial charge in [0.25, 0.3) is 0 Å². The van der Waals surface area contributed by atoms with Gasteiger partial charge in [-0.05, 0) is 36.6 Å². The Morgan fingerprint density at radius 1 is 1.35 bits per heavy atom. The Kier molecular flexibility index (Phi) is 5.65. The zero-order valence-electron chi connectivity index (χ0n) is 14.8. The van der Waals surface area contributed by atoms with Crippen LogP contribution in [0.3, 0.4) is 0 Å². The molecule has 0 radical (unpaired) electrons. The Labute approximate surface area is 152 Å². The van der Waals surface area contributed by atoms with Gasteiger partial charge in [-0.15, -0.1) is 0 Å². The van der Waals surface area contributed by atoms with Crippen LogP contribution in [0, 0.1) is 11.7 Å². The molecule has 0 aliphatic carbocycles. The number of hydrogen-bond acceptors (Lipinski definition) is 3. The van der Waals surface area contributed by atoms with E-state index in [1.54, 1.807) is 30.3 Å². The molecule has 26 heavy (non-hydrogen) atoms. The van der Waals surface area contributed by atoms with Crippen LogP contribution in [0.1, 0.15) is 30.9 Å². The summed E-state index contributed by atoms with van der Waals surface area (Å²) in [6.45, 7) is 1.28. The summed E-state index contributed by atoms with van der Waals surface area (Å²) in [5.41, 5.74) is 0.777. The molecule has 2 heterocycles. The molecule has 138 valence electrons. The number of amides is 2. The highest BCUT2D eigenvalue weighted by Crippen LogP contribution is 2.35. The highest BCUT2D eigenvalue weighted by molar-refractivity contribution is 5.84. The predicted molar refractivity (Wildman–Crippen MR) is 94.5 cm³/mol. The van der Waals surface area contributed by atoms with Crippen LogP contribution in [0.15, 0.2) is 42.7 Å². The molecule has 3 rings (SSSR count). The average molecular weight is 358 g/mol. The standard InChI is InChI=1S/C19H23FN4O2/c1-23-17(25)9-8-16(18(23)14-4-6-15(20)7-5-14)19(26)21-10-2-12-24-13-3-11-22-24/h3-7,11,13,16,18H,2,8-10,12H2,1H3,(H,21,26)/t16-,18+/m1/s1. The van der Waals surface area contributed by atoms with Crippen LogP contribution in [0.2, 0.25) is 0 Å². The Hall–Kier alpha value is -2.70. The van der Waals surface area contributed by atoms with Crippen molar-refractivity contribution in [3.8, 4) is 0 Å². The number of halogens is 1. The molecule has 2 aromatic rings. The number of nitrogens with one attached hydrogen (secondary N) is 1. The van der Waals surface area contributed by atoms with Crippen LogP contribution in [-0.4, -0.2) is 40.1 Å². The fourth-order valence-corrected chi connectivity index (χ4v) is 3.45. The second kappa shape index (κ2) is 8.12. The van der Waals surface area contributed by atoms with Crippen LogP contribution >= 0.6 is 0 Å². The number of piperidine rings is 1. The van der Waals surface area contributed by atoms with E-state index in [2.05, 4.69) is 10.4 Å². The van der Waals surface area contributed by atoms with Gasteiger partial charge in [-0.2, -0.15) is 5.10 Å². The quantitative estimate of drug-likeness (QED) is 0.805. The Bertz CT molecular complexity index is 745. The van der Waals surface area contributed by atoms with Crippen molar-refractivity contribution in [1.82, 2.24) is 20.0 Å². The minimum absolute atomic E-state index is 0.00190. The molecule has 1 fully saturated rings. The number of aryl methyl sites for hydroxylation is 1. The first-order valence-electron chi connectivity index (χ1n) is 8.82. The number of benzene rings is 1. The average Bonchev–Trinajstić information content (AvgIpc) is 3.15. The van der Waals surface area contributed by atoms with Crippen molar-refractivity contribution in [1.29, 1.82) is 0 Å². The molecule has 7 heteroatoms. The number of carbonyl (C=O) groups excluding carboxylic acids is 2. The van der Waals surface area contributed by atoms with E-state index in [-0.39, 0.29) is 29.6 Å². The van der Waals surface area contributed by atoms with E-state index in [0.29, 0.717) is 19.4 Å². The van der Waals surface area contributed by atoms with Crippen LogP contribution in [0.4, 0.5) is 4.39 Å². The third-order valence-electron chi connectivity index (χ3n) is 4.83. The molecule has 0 saturated carbocycles. The molecule has 1 N–H and O–H groups in total. The number of aromatic nitrogens is 2. The molecule has 1 aromatic carbocycles. The smallest absolute Gasteiger partial charge is 0.225 e. The maximum Gasteiger partial charge on any atom is 0.225 e. The van der Waals surface area contributed by atoms with E-state index < -0.39 is 0 Å². The van der Waals surface area contributed by atoms with E-state index in [9.17, 15) is 14.0 Å². The summed E-state index contributed by atoms with van der Waals surface area (Å²) in [6, 6.07) is 7.51. The topological polar surface area (TPSA) is 67.2 Å². The molecular formula is C19H23FN4O2. The van der Waals surface area contributed by atoms with Gasteiger partial charge >= 0.3 is 0 Å². The normalized spacial score (nSPS) is 20.2. The summed E-state index contributed by atoms with van der Waals surface area (Å²) in [6.07, 6.45) is 5.22. The summed E-state index contributed by atoms with van der Waals surface area (Å²) in [7, 11) is 1.70. The zero-order valence-corrected chi connectivity index (χ0v) is 14.8. The third-order valence-corrected chi connectivity index (χ3v) is 4.83. The lowest BCUT2D eigenvalue weighted by atomic mass is 9.84. The Balaban J connectivity index is 1.63. The van der Waals surface area contributed by atoms with Gasteiger partial charge in [0.15, 0.2) is 0 Å². The number of hydrogen-bond donors (Lipinski definition) is 1. The number of likely N-dealkylation sites (tertiary alicyclic amines) is 1. The Morgan fingerprint density at radius 3 is 2.81 bits per heavy atom. The predicted octanol–water partition coefficient (Wildman–Crippen LogP) is 2.14. The first kappa shape index (κ1) is 18.1. The second-order valence-corrected chi connectivity index (χ2v) is 6.56. The summed E-state index contributed by atoms with van der Waals surface area (Å²) >= 11 is 0. The van der Waals surface area contributed by atoms with Gasteiger partial charge in [-0.3, -0.25) is 14.3 Å². The van der Waals surface area contributed by atoms with Crippen molar-refractivity contribution in [2.24, 2.45) is 5.92 Å². The van der Waals surface area contributed by atoms with E-state index in [1.165, 1.54) is 12.1 Å². The molecule has 6 nitrogen and oxygen atoms in total. The number of nitrogens with zero attached hydrogens (tertiary/aromatic N) is 3. The van der Waals surface area contributed by atoms with Crippen molar-refractivity contribution < 1.29 is 14.0 Å². The summed E-state index contributed by atoms with van der Waals surface area (Å²) in [4.78, 5) is 26.4. The molecule has 1 aromatic heterocycles. The Morgan fingerprint density at radius 2 is 2.12 bits per heavy atom. The van der Waals surface area contributed by atoms with Crippen molar-refractivity contribution in [3.05, 3.63) is 54.1 Å². The minimum atomic E-state index is -0.372. The monoisotopic (exact) mass is 358 g/mol. The van der Waals surface area contributed by atoms with Gasteiger partial charge in [0, 0.05) is 39.0 Å². The lowest BCUT2D eigenvalue weighted by molar-refractivity contribution is -0.141. The van der Waals surface area contributed by atoms with Gasteiger partial charge in [-0.1, -0.05) is 12.1 Å². The SMILES string of the molecule is CN1C(=O)CC[C@@H](C(=O)NCCCn2cccn2)[C@@H]1c1ccc(F)cc1. The lowest BCUT2D eigenvalue weighted by Crippen LogP contribution is -2.46. The van der Waals surface area contributed by atoms with Crippen molar-refractivity contribution in [2.45, 2.75) is 31.8 Å². The van der Waals surface area contributed by atoms with Crippen LogP contribution in [0.5, 0.6) is 0 Å². The zero-order chi connectivity index (χ0) is 18.5. The highest BCUT2D eigenvalue weighted by Gasteiger charge is 2.38. The maximum absolute atomic E-state index is 13.2. The second-order valence-electron chi connectivity index (χ2n) is 6.56. The first-order valence-corrected chi connectivity index (χ1v) is 8.82. The third kappa shape index (κ3) is 4.09. The fourth-order valence-electron chi connectivity index (χ4n) is 3.45. The van der Waals surface area contributed by atoms with Gasteiger partial charge < -0.3 is 10.2 Å². The van der Waals surface area contributed by atoms with Gasteiger partial charge in [0.1, 0.15) is 5.82 Å². The van der Waals surface area contributed by atoms with E-state index in [4.69, 9.17) is 0 Å². The van der Waals surface area contributed by atoms with Crippen LogP contribution < -0.4 is 5.32 Å². The summed E-state index contributed by atoms with van der Waals surface area (Å²) in [5, 5.41) is 7.10. The molecular weight excluding hydrogens is 335 g/mol. The van der Waals surface area contributed by atoms with Crippen LogP contribution in [0.25, 0.3) is 0 Å². The molecule has 2 atom stereocenters. The van der Waals surface area contributed by atoms with E-state index in [1.807, 2.05) is 16.9 Å². The van der Waals surface area contributed by atoms with E-state index >= 15 is 0 Å². The molecule has 0 unspecified atom stereocenters. The van der Waals surface area contributed by atoms with Gasteiger partial charge in [0.05, 0.1) is 12.0 Å².